The van der Waals surface area contributed by atoms with Gasteiger partial charge in [-0.25, -0.2) is 4.79 Å². The van der Waals surface area contributed by atoms with Gasteiger partial charge in [-0.15, -0.1) is 0 Å². The Morgan fingerprint density at radius 2 is 2.10 bits per heavy atom. The quantitative estimate of drug-likeness (QED) is 0.790. The Morgan fingerprint density at radius 3 is 2.62 bits per heavy atom. The fraction of sp³-hybridized carbons (Fsp3) is 0.333. The van der Waals surface area contributed by atoms with Crippen LogP contribution in [0.25, 0.3) is 6.08 Å². The zero-order valence-corrected chi connectivity index (χ0v) is 12.7. The van der Waals surface area contributed by atoms with Crippen LogP contribution in [0.2, 0.25) is 5.02 Å². The molecule has 1 aromatic carbocycles. The number of halogens is 1. The van der Waals surface area contributed by atoms with Gasteiger partial charge in [0.2, 0.25) is 0 Å². The van der Waals surface area contributed by atoms with Gasteiger partial charge >= 0.3 is 5.97 Å². The topological polar surface area (TPSA) is 77.8 Å². The second-order valence-electron chi connectivity index (χ2n) is 4.77. The summed E-state index contributed by atoms with van der Waals surface area (Å²) in [6, 6.07) is 4.69. The zero-order chi connectivity index (χ0) is 16.0. The molecule has 0 saturated heterocycles. The maximum Gasteiger partial charge on any atom is 0.328 e. The van der Waals surface area contributed by atoms with Crippen molar-refractivity contribution in [3.8, 4) is 0 Å². The van der Waals surface area contributed by atoms with E-state index in [1.165, 1.54) is 17.0 Å². The smallest absolute Gasteiger partial charge is 0.328 e. The van der Waals surface area contributed by atoms with Gasteiger partial charge in [0, 0.05) is 30.3 Å². The fourth-order valence-electron chi connectivity index (χ4n) is 1.66. The number of benzene rings is 1. The molecule has 0 aliphatic heterocycles. The third kappa shape index (κ3) is 5.57. The lowest BCUT2D eigenvalue weighted by molar-refractivity contribution is -0.131. The zero-order valence-electron chi connectivity index (χ0n) is 11.9. The molecule has 1 unspecified atom stereocenters. The Hall–Kier alpha value is -1.85. The molecule has 0 bridgehead atoms. The van der Waals surface area contributed by atoms with Crippen LogP contribution in [0, 0.1) is 0 Å². The second kappa shape index (κ2) is 7.81. The number of aliphatic carboxylic acids is 1. The van der Waals surface area contributed by atoms with Crippen LogP contribution < -0.4 is 0 Å². The van der Waals surface area contributed by atoms with Crippen LogP contribution in [0.15, 0.2) is 24.3 Å². The van der Waals surface area contributed by atoms with Gasteiger partial charge in [0.1, 0.15) is 0 Å². The van der Waals surface area contributed by atoms with Crippen molar-refractivity contribution in [2.24, 2.45) is 0 Å². The molecule has 1 rings (SSSR count). The van der Waals surface area contributed by atoms with Gasteiger partial charge in [-0.3, -0.25) is 4.79 Å². The van der Waals surface area contributed by atoms with Crippen molar-refractivity contribution in [3.05, 3.63) is 40.4 Å². The number of carboxylic acids is 1. The molecular formula is C15H18ClNO4. The maximum absolute atomic E-state index is 12.2. The van der Waals surface area contributed by atoms with Crippen LogP contribution in [0.3, 0.4) is 0 Å². The van der Waals surface area contributed by atoms with Crippen LogP contribution in [0.4, 0.5) is 0 Å². The number of carboxylic acid groups (broad SMARTS) is 1. The van der Waals surface area contributed by atoms with Crippen LogP contribution in [0.5, 0.6) is 0 Å². The Balaban J connectivity index is 2.83. The van der Waals surface area contributed by atoms with Crippen LogP contribution in [0.1, 0.15) is 29.3 Å². The molecule has 5 nitrogen and oxygen atoms in total. The van der Waals surface area contributed by atoms with E-state index in [0.29, 0.717) is 29.1 Å². The van der Waals surface area contributed by atoms with E-state index in [2.05, 4.69) is 0 Å². The largest absolute Gasteiger partial charge is 0.478 e. The number of hydrogen-bond donors (Lipinski definition) is 2. The summed E-state index contributed by atoms with van der Waals surface area (Å²) >= 11 is 6.03. The van der Waals surface area contributed by atoms with E-state index in [9.17, 15) is 14.7 Å². The SMILES string of the molecule is CC(O)CCN(C)C(=O)c1ccc(/C=C/C(=O)O)c(Cl)c1. The second-order valence-corrected chi connectivity index (χ2v) is 5.18. The van der Waals surface area contributed by atoms with Crippen molar-refractivity contribution in [2.45, 2.75) is 19.4 Å². The predicted octanol–water partition coefficient (Wildman–Crippen LogP) is 2.28. The number of aliphatic hydroxyl groups is 1. The maximum atomic E-state index is 12.2. The molecule has 1 atom stereocenters. The van der Waals surface area contributed by atoms with Gasteiger partial charge in [-0.2, -0.15) is 0 Å². The summed E-state index contributed by atoms with van der Waals surface area (Å²) in [6.07, 6.45) is 2.38. The lowest BCUT2D eigenvalue weighted by Gasteiger charge is -2.18. The van der Waals surface area contributed by atoms with Gasteiger partial charge in [-0.1, -0.05) is 17.7 Å². The first-order valence-corrected chi connectivity index (χ1v) is 6.83. The van der Waals surface area contributed by atoms with Gasteiger partial charge in [0.15, 0.2) is 0 Å². The molecule has 1 amide bonds. The standard InChI is InChI=1S/C15H18ClNO4/c1-10(18)7-8-17(2)15(21)12-4-3-11(13(16)9-12)5-6-14(19)20/h3-6,9-10,18H,7-8H2,1-2H3,(H,19,20)/b6-5+. The molecule has 114 valence electrons. The van der Waals surface area contributed by atoms with Crippen molar-refractivity contribution < 1.29 is 19.8 Å². The third-order valence-electron chi connectivity index (χ3n) is 2.88. The first-order chi connectivity index (χ1) is 9.81. The summed E-state index contributed by atoms with van der Waals surface area (Å²) < 4.78 is 0. The van der Waals surface area contributed by atoms with Gasteiger partial charge < -0.3 is 15.1 Å². The summed E-state index contributed by atoms with van der Waals surface area (Å²) in [5, 5.41) is 18.1. The normalized spacial score (nSPS) is 12.4. The first-order valence-electron chi connectivity index (χ1n) is 6.45. The number of rotatable bonds is 6. The summed E-state index contributed by atoms with van der Waals surface area (Å²) in [4.78, 5) is 24.1. The summed E-state index contributed by atoms with van der Waals surface area (Å²) in [5.41, 5.74) is 0.947. The average molecular weight is 312 g/mol. The molecule has 0 aromatic heterocycles. The highest BCUT2D eigenvalue weighted by Gasteiger charge is 2.13. The minimum Gasteiger partial charge on any atom is -0.478 e. The molecule has 21 heavy (non-hydrogen) atoms. The third-order valence-corrected chi connectivity index (χ3v) is 3.21. The molecule has 0 aliphatic rings. The van der Waals surface area contributed by atoms with E-state index in [1.54, 1.807) is 26.1 Å². The van der Waals surface area contributed by atoms with Crippen LogP contribution >= 0.6 is 11.6 Å². The molecule has 0 fully saturated rings. The monoisotopic (exact) mass is 311 g/mol. The van der Waals surface area contributed by atoms with E-state index >= 15 is 0 Å². The number of nitrogens with zero attached hydrogens (tertiary/aromatic N) is 1. The number of amides is 1. The van der Waals surface area contributed by atoms with Crippen molar-refractivity contribution in [1.29, 1.82) is 0 Å². The molecule has 0 aliphatic carbocycles. The van der Waals surface area contributed by atoms with Gasteiger partial charge in [0.25, 0.3) is 5.91 Å². The summed E-state index contributed by atoms with van der Waals surface area (Å²) in [7, 11) is 1.65. The molecular weight excluding hydrogens is 294 g/mol. The molecule has 2 N–H and O–H groups in total. The lowest BCUT2D eigenvalue weighted by atomic mass is 10.1. The molecule has 0 spiro atoms. The minimum absolute atomic E-state index is 0.202. The van der Waals surface area contributed by atoms with Crippen LogP contribution in [-0.4, -0.2) is 46.7 Å². The number of carbonyl (C=O) groups excluding carboxylic acids is 1. The average Bonchev–Trinajstić information content (AvgIpc) is 2.42. The fourth-order valence-corrected chi connectivity index (χ4v) is 1.90. The van der Waals surface area contributed by atoms with E-state index in [1.807, 2.05) is 0 Å². The van der Waals surface area contributed by atoms with E-state index in [4.69, 9.17) is 16.7 Å². The van der Waals surface area contributed by atoms with Gasteiger partial charge in [-0.05, 0) is 37.1 Å². The van der Waals surface area contributed by atoms with E-state index in [-0.39, 0.29) is 5.91 Å². The number of aliphatic hydroxyl groups excluding tert-OH is 1. The van der Waals surface area contributed by atoms with Gasteiger partial charge in [0.05, 0.1) is 6.10 Å². The van der Waals surface area contributed by atoms with Crippen LogP contribution in [-0.2, 0) is 4.79 Å². The number of carbonyl (C=O) groups is 2. The summed E-state index contributed by atoms with van der Waals surface area (Å²) in [5.74, 6) is -1.27. The lowest BCUT2D eigenvalue weighted by Crippen LogP contribution is -2.29. The predicted molar refractivity (Wildman–Crippen MR) is 81.4 cm³/mol. The highest BCUT2D eigenvalue weighted by Crippen LogP contribution is 2.20. The van der Waals surface area contributed by atoms with E-state index in [0.717, 1.165) is 6.08 Å². The van der Waals surface area contributed by atoms with Crippen molar-refractivity contribution in [3.63, 3.8) is 0 Å². The first kappa shape index (κ1) is 17.2. The number of hydrogen-bond acceptors (Lipinski definition) is 3. The Labute approximate surface area is 128 Å². The minimum atomic E-state index is -1.07. The molecule has 1 aromatic rings. The highest BCUT2D eigenvalue weighted by atomic mass is 35.5. The molecule has 0 heterocycles. The van der Waals surface area contributed by atoms with Crippen molar-refractivity contribution >= 4 is 29.6 Å². The Morgan fingerprint density at radius 1 is 1.43 bits per heavy atom. The van der Waals surface area contributed by atoms with Crippen molar-refractivity contribution in [1.82, 2.24) is 4.90 Å². The van der Waals surface area contributed by atoms with Crippen molar-refractivity contribution in [2.75, 3.05) is 13.6 Å². The molecule has 6 heteroatoms. The molecule has 0 radical (unpaired) electrons. The Kier molecular flexibility index (Phi) is 6.39. The van der Waals surface area contributed by atoms with E-state index < -0.39 is 12.1 Å². The molecule has 0 saturated carbocycles. The highest BCUT2D eigenvalue weighted by molar-refractivity contribution is 6.32. The summed E-state index contributed by atoms with van der Waals surface area (Å²) in [6.45, 7) is 2.10. The Bertz CT molecular complexity index is 555.